The van der Waals surface area contributed by atoms with Crippen molar-refractivity contribution >= 4 is 33.4 Å². The summed E-state index contributed by atoms with van der Waals surface area (Å²) in [6, 6.07) is 0. The number of thioether (sulfide) groups is 2. The molecule has 20 heavy (non-hydrogen) atoms. The maximum atomic E-state index is 12.5. The zero-order valence-electron chi connectivity index (χ0n) is 12.4. The summed E-state index contributed by atoms with van der Waals surface area (Å²) in [7, 11) is -3.05. The van der Waals surface area contributed by atoms with Crippen LogP contribution in [-0.4, -0.2) is 65.6 Å². The van der Waals surface area contributed by atoms with Crippen LogP contribution in [0.4, 0.5) is 0 Å². The molecule has 0 radical (unpaired) electrons. The van der Waals surface area contributed by atoms with E-state index in [0.29, 0.717) is 17.5 Å². The van der Waals surface area contributed by atoms with Gasteiger partial charge in [-0.15, -0.1) is 0 Å². The van der Waals surface area contributed by atoms with Crippen molar-refractivity contribution in [2.24, 2.45) is 5.73 Å². The van der Waals surface area contributed by atoms with Gasteiger partial charge in [-0.3, -0.25) is 4.90 Å². The van der Waals surface area contributed by atoms with E-state index in [-0.39, 0.29) is 16.7 Å². The first kappa shape index (κ1) is 16.9. The Morgan fingerprint density at radius 3 is 2.75 bits per heavy atom. The van der Waals surface area contributed by atoms with E-state index in [2.05, 4.69) is 11.8 Å². The molecule has 4 nitrogen and oxygen atoms in total. The molecule has 2 saturated heterocycles. The second kappa shape index (κ2) is 6.77. The third-order valence-corrected chi connectivity index (χ3v) is 9.46. The lowest BCUT2D eigenvalue weighted by Gasteiger charge is -2.53. The molecule has 118 valence electrons. The molecule has 0 aromatic carbocycles. The number of nitrogens with two attached hydrogens (primary N) is 1. The van der Waals surface area contributed by atoms with Crippen LogP contribution in [-0.2, 0) is 9.84 Å². The summed E-state index contributed by atoms with van der Waals surface area (Å²) >= 11 is 3.70. The van der Waals surface area contributed by atoms with Gasteiger partial charge in [-0.1, -0.05) is 13.8 Å². The topological polar surface area (TPSA) is 63.4 Å². The minimum Gasteiger partial charge on any atom is -0.329 e. The van der Waals surface area contributed by atoms with Gasteiger partial charge in [-0.25, -0.2) is 8.42 Å². The summed E-state index contributed by atoms with van der Waals surface area (Å²) in [6.07, 6.45) is 2.16. The van der Waals surface area contributed by atoms with Gasteiger partial charge in [0.25, 0.3) is 0 Å². The molecule has 0 bridgehead atoms. The maximum absolute atomic E-state index is 12.5. The molecule has 2 rings (SSSR count). The summed E-state index contributed by atoms with van der Waals surface area (Å²) in [4.78, 5) is 2.25. The van der Waals surface area contributed by atoms with Crippen molar-refractivity contribution in [1.82, 2.24) is 4.90 Å². The van der Waals surface area contributed by atoms with Crippen molar-refractivity contribution < 1.29 is 8.42 Å². The third kappa shape index (κ3) is 3.02. The summed E-state index contributed by atoms with van der Waals surface area (Å²) in [5, 5.41) is 0.0508. The molecule has 2 aliphatic rings. The molecule has 0 spiro atoms. The Morgan fingerprint density at radius 2 is 2.15 bits per heavy atom. The van der Waals surface area contributed by atoms with E-state index in [0.717, 1.165) is 30.9 Å². The van der Waals surface area contributed by atoms with Crippen LogP contribution in [0.2, 0.25) is 0 Å². The van der Waals surface area contributed by atoms with Crippen molar-refractivity contribution in [1.29, 1.82) is 0 Å². The van der Waals surface area contributed by atoms with Gasteiger partial charge in [0.2, 0.25) is 0 Å². The van der Waals surface area contributed by atoms with Crippen molar-refractivity contribution in [3.05, 3.63) is 0 Å². The van der Waals surface area contributed by atoms with Crippen LogP contribution < -0.4 is 5.73 Å². The Balaban J connectivity index is 2.34. The van der Waals surface area contributed by atoms with Gasteiger partial charge in [-0.05, 0) is 18.6 Å². The van der Waals surface area contributed by atoms with E-state index >= 15 is 0 Å². The van der Waals surface area contributed by atoms with Gasteiger partial charge < -0.3 is 5.73 Å². The normalized spacial score (nSPS) is 37.0. The quantitative estimate of drug-likeness (QED) is 0.836. The SMILES string of the molecule is CCS(=O)(=O)C1CSCCN1C1(CN)CCCSC1C. The lowest BCUT2D eigenvalue weighted by Crippen LogP contribution is -2.67. The highest BCUT2D eigenvalue weighted by atomic mass is 32.2. The number of rotatable bonds is 4. The first-order chi connectivity index (χ1) is 9.48. The van der Waals surface area contributed by atoms with Crippen LogP contribution in [0.1, 0.15) is 26.7 Å². The Bertz CT molecular complexity index is 429. The zero-order chi connectivity index (χ0) is 14.8. The second-order valence-corrected chi connectivity index (χ2v) is 10.6. The van der Waals surface area contributed by atoms with Crippen LogP contribution in [0.15, 0.2) is 0 Å². The summed E-state index contributed by atoms with van der Waals surface area (Å²) < 4.78 is 24.9. The Kier molecular flexibility index (Phi) is 5.73. The first-order valence-electron chi connectivity index (χ1n) is 7.35. The van der Waals surface area contributed by atoms with E-state index in [1.165, 1.54) is 0 Å². The zero-order valence-corrected chi connectivity index (χ0v) is 14.8. The van der Waals surface area contributed by atoms with E-state index in [4.69, 9.17) is 5.73 Å². The fourth-order valence-electron chi connectivity index (χ4n) is 3.34. The van der Waals surface area contributed by atoms with Crippen molar-refractivity contribution in [3.63, 3.8) is 0 Å². The lowest BCUT2D eigenvalue weighted by molar-refractivity contribution is 0.0776. The predicted octanol–water partition coefficient (Wildman–Crippen LogP) is 1.41. The molecular weight excluding hydrogens is 312 g/mol. The monoisotopic (exact) mass is 338 g/mol. The van der Waals surface area contributed by atoms with E-state index in [1.54, 1.807) is 18.7 Å². The average molecular weight is 339 g/mol. The van der Waals surface area contributed by atoms with Gasteiger partial charge in [0.1, 0.15) is 5.37 Å². The molecule has 3 unspecified atom stereocenters. The average Bonchev–Trinajstić information content (AvgIpc) is 2.48. The fraction of sp³-hybridized carbons (Fsp3) is 1.00. The summed E-state index contributed by atoms with van der Waals surface area (Å²) in [5.74, 6) is 3.08. The van der Waals surface area contributed by atoms with Crippen LogP contribution in [0, 0.1) is 0 Å². The number of sulfone groups is 1. The van der Waals surface area contributed by atoms with Crippen LogP contribution >= 0.6 is 23.5 Å². The molecule has 0 aromatic rings. The molecule has 2 N–H and O–H groups in total. The molecule has 2 aliphatic heterocycles. The molecule has 7 heteroatoms. The lowest BCUT2D eigenvalue weighted by atomic mass is 9.87. The predicted molar refractivity (Wildman–Crippen MR) is 90.2 cm³/mol. The molecule has 0 amide bonds. The maximum Gasteiger partial charge on any atom is 0.166 e. The van der Waals surface area contributed by atoms with E-state index in [9.17, 15) is 8.42 Å². The fourth-order valence-corrected chi connectivity index (χ4v) is 7.74. The van der Waals surface area contributed by atoms with Crippen LogP contribution in [0.25, 0.3) is 0 Å². The van der Waals surface area contributed by atoms with Gasteiger partial charge in [-0.2, -0.15) is 23.5 Å². The van der Waals surface area contributed by atoms with Crippen LogP contribution in [0.3, 0.4) is 0 Å². The Hall–Kier alpha value is 0.570. The highest BCUT2D eigenvalue weighted by molar-refractivity contribution is 8.01. The molecule has 0 aromatic heterocycles. The van der Waals surface area contributed by atoms with Gasteiger partial charge >= 0.3 is 0 Å². The third-order valence-electron chi connectivity index (χ3n) is 4.71. The molecule has 0 saturated carbocycles. The second-order valence-electron chi connectivity index (χ2n) is 5.60. The molecule has 3 atom stereocenters. The van der Waals surface area contributed by atoms with Crippen molar-refractivity contribution in [2.45, 2.75) is 42.9 Å². The molecular formula is C13H26N2O2S3. The molecule has 2 fully saturated rings. The standard InChI is InChI=1S/C13H26N2O2S3/c1-3-20(16,17)12-9-18-8-6-15(12)13(10-14)5-4-7-19-11(13)2/h11-12H,3-10,14H2,1-2H3. The Morgan fingerprint density at radius 1 is 1.40 bits per heavy atom. The van der Waals surface area contributed by atoms with E-state index < -0.39 is 9.84 Å². The number of nitrogens with zero attached hydrogens (tertiary/aromatic N) is 1. The summed E-state index contributed by atoms with van der Waals surface area (Å²) in [6.45, 7) is 5.37. The first-order valence-corrected chi connectivity index (χ1v) is 11.3. The largest absolute Gasteiger partial charge is 0.329 e. The highest BCUT2D eigenvalue weighted by Gasteiger charge is 2.49. The summed E-state index contributed by atoms with van der Waals surface area (Å²) in [5.41, 5.74) is 6.01. The van der Waals surface area contributed by atoms with E-state index in [1.807, 2.05) is 11.8 Å². The number of hydrogen-bond acceptors (Lipinski definition) is 6. The van der Waals surface area contributed by atoms with Gasteiger partial charge in [0.15, 0.2) is 9.84 Å². The van der Waals surface area contributed by atoms with Gasteiger partial charge in [0.05, 0.1) is 0 Å². The Labute approximate surface area is 131 Å². The molecule has 0 aliphatic carbocycles. The highest BCUT2D eigenvalue weighted by Crippen LogP contribution is 2.41. The van der Waals surface area contributed by atoms with Crippen molar-refractivity contribution in [2.75, 3.05) is 36.1 Å². The smallest absolute Gasteiger partial charge is 0.166 e. The van der Waals surface area contributed by atoms with Crippen LogP contribution in [0.5, 0.6) is 0 Å². The van der Waals surface area contributed by atoms with Gasteiger partial charge in [0, 0.05) is 41.1 Å². The molecule has 2 heterocycles. The minimum atomic E-state index is -3.05. The van der Waals surface area contributed by atoms with Crippen molar-refractivity contribution in [3.8, 4) is 0 Å². The number of hydrogen-bond donors (Lipinski definition) is 1. The minimum absolute atomic E-state index is 0.142.